The number of nitro groups is 1. The van der Waals surface area contributed by atoms with Crippen LogP contribution in [0.5, 0.6) is 0 Å². The second kappa shape index (κ2) is 5.18. The fourth-order valence-corrected chi connectivity index (χ4v) is 2.29. The molecule has 0 spiro atoms. The van der Waals surface area contributed by atoms with Gasteiger partial charge >= 0.3 is 0 Å². The van der Waals surface area contributed by atoms with Crippen LogP contribution in [0.2, 0.25) is 0 Å². The topological polar surface area (TPSA) is 75.2 Å². The highest BCUT2D eigenvalue weighted by Crippen LogP contribution is 2.19. The summed E-state index contributed by atoms with van der Waals surface area (Å²) in [5.74, 6) is 0. The first-order valence-corrected chi connectivity index (χ1v) is 5.93. The van der Waals surface area contributed by atoms with Gasteiger partial charge in [0.05, 0.1) is 21.8 Å². The van der Waals surface area contributed by atoms with Crippen molar-refractivity contribution in [1.82, 2.24) is 5.32 Å². The first-order chi connectivity index (χ1) is 8.16. The third kappa shape index (κ3) is 2.97. The van der Waals surface area contributed by atoms with E-state index in [1.54, 1.807) is 0 Å². The largest absolute Gasteiger partial charge is 0.286 e. The van der Waals surface area contributed by atoms with Crippen molar-refractivity contribution in [2.24, 2.45) is 0 Å². The summed E-state index contributed by atoms with van der Waals surface area (Å²) in [6.07, 6.45) is 8.83. The fraction of sp³-hybridized carbons (Fsp3) is 0.636. The van der Waals surface area contributed by atoms with Gasteiger partial charge in [0, 0.05) is 10.9 Å². The van der Waals surface area contributed by atoms with E-state index in [0.29, 0.717) is 6.04 Å². The Morgan fingerprint density at radius 3 is 2.71 bits per heavy atom. The summed E-state index contributed by atoms with van der Waals surface area (Å²) in [7, 11) is 0. The molecule has 1 N–H and O–H groups in total. The third-order valence-electron chi connectivity index (χ3n) is 3.22. The van der Waals surface area contributed by atoms with Crippen molar-refractivity contribution in [3.8, 4) is 0 Å². The smallest absolute Gasteiger partial charge is 0.258 e. The van der Waals surface area contributed by atoms with Crippen molar-refractivity contribution >= 4 is 0 Å². The minimum absolute atomic E-state index is 0.0228. The molecule has 1 atom stereocenters. The van der Waals surface area contributed by atoms with Gasteiger partial charge in [-0.15, -0.1) is 0 Å². The van der Waals surface area contributed by atoms with E-state index in [0.717, 1.165) is 30.4 Å². The monoisotopic (exact) mass is 238 g/mol. The lowest BCUT2D eigenvalue weighted by molar-refractivity contribution is -0.523. The average molecular weight is 238 g/mol. The van der Waals surface area contributed by atoms with Gasteiger partial charge in [-0.3, -0.25) is 10.1 Å². The van der Waals surface area contributed by atoms with Crippen LogP contribution in [-0.4, -0.2) is 21.9 Å². The van der Waals surface area contributed by atoms with Crippen molar-refractivity contribution in [3.05, 3.63) is 39.1 Å². The normalized spacial score (nSPS) is 25.8. The lowest BCUT2D eigenvalue weighted by atomic mass is 9.95. The highest BCUT2D eigenvalue weighted by atomic mass is 16.6. The molecule has 6 nitrogen and oxygen atoms in total. The number of rotatable bonds is 3. The second-order valence-electron chi connectivity index (χ2n) is 4.47. The van der Waals surface area contributed by atoms with E-state index in [9.17, 15) is 15.0 Å². The molecule has 2 rings (SSSR count). The van der Waals surface area contributed by atoms with Gasteiger partial charge in [-0.1, -0.05) is 19.3 Å². The van der Waals surface area contributed by atoms with E-state index in [2.05, 4.69) is 5.32 Å². The molecule has 1 aliphatic carbocycles. The lowest BCUT2D eigenvalue weighted by Crippen LogP contribution is -2.44. The van der Waals surface area contributed by atoms with E-state index in [1.807, 2.05) is 0 Å². The molecule has 0 aromatic heterocycles. The van der Waals surface area contributed by atoms with Gasteiger partial charge in [0.15, 0.2) is 0 Å². The second-order valence-corrected chi connectivity index (χ2v) is 4.47. The van der Waals surface area contributed by atoms with Crippen LogP contribution in [0.4, 0.5) is 0 Å². The van der Waals surface area contributed by atoms with Crippen LogP contribution < -0.4 is 5.32 Å². The predicted octanol–water partition coefficient (Wildman–Crippen LogP) is 1.70. The standard InChI is InChI=1S/C11H16N3O3/c15-13-7-6-10(14(16)17)8-11(13)12-9-4-2-1-3-5-9/h6-9,11-12H,1-5H2/q+1. The molecule has 1 unspecified atom stereocenters. The number of hydrogen-bond acceptors (Lipinski definition) is 4. The van der Waals surface area contributed by atoms with Crippen molar-refractivity contribution < 1.29 is 9.68 Å². The highest BCUT2D eigenvalue weighted by Gasteiger charge is 2.31. The van der Waals surface area contributed by atoms with E-state index >= 15 is 0 Å². The molecule has 17 heavy (non-hydrogen) atoms. The van der Waals surface area contributed by atoms with Gasteiger partial charge in [0.1, 0.15) is 0 Å². The molecule has 0 amide bonds. The van der Waals surface area contributed by atoms with Gasteiger partial charge in [0.25, 0.3) is 11.9 Å². The van der Waals surface area contributed by atoms with E-state index in [4.69, 9.17) is 0 Å². The van der Waals surface area contributed by atoms with Gasteiger partial charge < -0.3 is 0 Å². The summed E-state index contributed by atoms with van der Waals surface area (Å²) < 4.78 is 0.724. The summed E-state index contributed by atoms with van der Waals surface area (Å²) in [6.45, 7) is 0. The fourth-order valence-electron chi connectivity index (χ4n) is 2.29. The molecule has 1 heterocycles. The Morgan fingerprint density at radius 2 is 2.06 bits per heavy atom. The number of nitrogens with one attached hydrogen (secondary N) is 1. The van der Waals surface area contributed by atoms with Crippen LogP contribution in [-0.2, 0) is 0 Å². The molecule has 1 saturated carbocycles. The molecule has 1 aliphatic heterocycles. The Kier molecular flexibility index (Phi) is 3.63. The molecule has 0 radical (unpaired) electrons. The van der Waals surface area contributed by atoms with Crippen LogP contribution in [0, 0.1) is 15.0 Å². The van der Waals surface area contributed by atoms with Crippen LogP contribution >= 0.6 is 0 Å². The van der Waals surface area contributed by atoms with Crippen LogP contribution in [0.1, 0.15) is 32.1 Å². The Labute approximate surface area is 99.1 Å². The zero-order valence-corrected chi connectivity index (χ0v) is 9.54. The number of allylic oxidation sites excluding steroid dienone is 1. The maximum Gasteiger partial charge on any atom is 0.286 e. The van der Waals surface area contributed by atoms with Crippen LogP contribution in [0.25, 0.3) is 0 Å². The van der Waals surface area contributed by atoms with Gasteiger partial charge in [-0.2, -0.15) is 0 Å². The maximum atomic E-state index is 11.5. The third-order valence-corrected chi connectivity index (χ3v) is 3.22. The maximum absolute atomic E-state index is 11.5. The van der Waals surface area contributed by atoms with Gasteiger partial charge in [-0.25, -0.2) is 5.32 Å². The Morgan fingerprint density at radius 1 is 1.35 bits per heavy atom. The van der Waals surface area contributed by atoms with E-state index in [-0.39, 0.29) is 5.70 Å². The molecule has 0 aromatic rings. The minimum atomic E-state index is -0.608. The summed E-state index contributed by atoms with van der Waals surface area (Å²) in [5, 5.41) is 13.8. The Bertz CT molecular complexity index is 383. The molecule has 0 saturated heterocycles. The Balaban J connectivity index is 2.01. The number of hydrogen-bond donors (Lipinski definition) is 1. The average Bonchev–Trinajstić information content (AvgIpc) is 2.33. The molecule has 6 heteroatoms. The van der Waals surface area contributed by atoms with Crippen molar-refractivity contribution in [2.45, 2.75) is 44.3 Å². The van der Waals surface area contributed by atoms with E-state index < -0.39 is 11.1 Å². The summed E-state index contributed by atoms with van der Waals surface area (Å²) in [4.78, 5) is 21.7. The van der Waals surface area contributed by atoms with E-state index in [1.165, 1.54) is 24.8 Å². The first-order valence-electron chi connectivity index (χ1n) is 5.93. The molecular formula is C11H16N3O3+. The van der Waals surface area contributed by atoms with Crippen molar-refractivity contribution in [2.75, 3.05) is 0 Å². The zero-order chi connectivity index (χ0) is 12.3. The van der Waals surface area contributed by atoms with Gasteiger partial charge in [0.2, 0.25) is 6.20 Å². The SMILES string of the molecule is O=[N+]([O-])C1=CC(NC2CCCCC2)[N+](=O)C=C1. The number of nitrogens with zero attached hydrogens (tertiary/aromatic N) is 2. The summed E-state index contributed by atoms with van der Waals surface area (Å²) >= 11 is 0. The molecule has 0 aromatic carbocycles. The minimum Gasteiger partial charge on any atom is -0.258 e. The van der Waals surface area contributed by atoms with Crippen molar-refractivity contribution in [3.63, 3.8) is 0 Å². The quantitative estimate of drug-likeness (QED) is 0.461. The van der Waals surface area contributed by atoms with Gasteiger partial charge in [-0.05, 0) is 12.8 Å². The lowest BCUT2D eigenvalue weighted by Gasteiger charge is -2.23. The first kappa shape index (κ1) is 11.9. The Hall–Kier alpha value is -1.56. The molecule has 92 valence electrons. The molecule has 2 aliphatic rings. The van der Waals surface area contributed by atoms with Crippen LogP contribution in [0.3, 0.4) is 0 Å². The predicted molar refractivity (Wildman–Crippen MR) is 61.6 cm³/mol. The van der Waals surface area contributed by atoms with Crippen LogP contribution in [0.15, 0.2) is 24.0 Å². The number of nitroso groups, excluding NO2 is 1. The summed E-state index contributed by atoms with van der Waals surface area (Å²) in [5.41, 5.74) is -0.0228. The zero-order valence-electron chi connectivity index (χ0n) is 9.54. The molecular weight excluding hydrogens is 222 g/mol. The van der Waals surface area contributed by atoms with Crippen molar-refractivity contribution in [1.29, 1.82) is 0 Å². The highest BCUT2D eigenvalue weighted by molar-refractivity contribution is 5.13. The summed E-state index contributed by atoms with van der Waals surface area (Å²) in [6, 6.07) is 0.293. The molecule has 0 bridgehead atoms. The molecule has 1 fully saturated rings.